The van der Waals surface area contributed by atoms with Crippen LogP contribution in [0, 0.1) is 11.3 Å². The number of fused-ring (bicyclic) bond motifs is 1. The molecule has 0 radical (unpaired) electrons. The van der Waals surface area contributed by atoms with Crippen molar-refractivity contribution in [3.05, 3.63) is 35.9 Å². The average Bonchev–Trinajstić information content (AvgIpc) is 2.87. The summed E-state index contributed by atoms with van der Waals surface area (Å²) in [4.78, 5) is 18.2. The fraction of sp³-hybridized carbons (Fsp3) is 0.680. The number of rotatable bonds is 2. The van der Waals surface area contributed by atoms with E-state index in [1.54, 1.807) is 11.8 Å². The molecule has 2 aliphatic heterocycles. The molecule has 6 heteroatoms. The van der Waals surface area contributed by atoms with Gasteiger partial charge in [-0.2, -0.15) is 0 Å². The lowest BCUT2D eigenvalue weighted by Crippen LogP contribution is -2.62. The average molecular weight is 555 g/mol. The number of hydrogen-bond acceptors (Lipinski definition) is 4. The number of carbonyl (C=O) groups is 1. The first-order valence-electron chi connectivity index (χ1n) is 11.8. The first-order chi connectivity index (χ1) is 14.9. The van der Waals surface area contributed by atoms with Crippen LogP contribution in [0.15, 0.2) is 35.3 Å². The van der Waals surface area contributed by atoms with Crippen LogP contribution in [0.2, 0.25) is 0 Å². The summed E-state index contributed by atoms with van der Waals surface area (Å²) in [5.74, 6) is 1.42. The second-order valence-electron chi connectivity index (χ2n) is 9.85. The molecule has 2 unspecified atom stereocenters. The van der Waals surface area contributed by atoms with E-state index < -0.39 is 0 Å². The van der Waals surface area contributed by atoms with Crippen molar-refractivity contribution in [3.63, 3.8) is 0 Å². The van der Waals surface area contributed by atoms with Gasteiger partial charge in [-0.3, -0.25) is 9.79 Å². The highest BCUT2D eigenvalue weighted by molar-refractivity contribution is 14.1. The molecule has 3 aliphatic rings. The van der Waals surface area contributed by atoms with Gasteiger partial charge in [0.05, 0.1) is 18.2 Å². The first kappa shape index (κ1) is 23.6. The quantitative estimate of drug-likeness (QED) is 0.348. The van der Waals surface area contributed by atoms with Crippen molar-refractivity contribution < 1.29 is 9.53 Å². The van der Waals surface area contributed by atoms with Gasteiger partial charge in [-0.15, -0.1) is 0 Å². The Morgan fingerprint density at radius 1 is 1.16 bits per heavy atom. The number of alkyl halides is 1. The van der Waals surface area contributed by atoms with E-state index in [0.29, 0.717) is 18.1 Å². The number of hydrogen-bond donors (Lipinski definition) is 1. The third-order valence-corrected chi connectivity index (χ3v) is 10.0. The molecule has 1 saturated carbocycles. The predicted octanol–water partition coefficient (Wildman–Crippen LogP) is 6.24. The van der Waals surface area contributed by atoms with Crippen molar-refractivity contribution in [2.24, 2.45) is 16.3 Å². The van der Waals surface area contributed by atoms with Gasteiger partial charge in [0.15, 0.2) is 5.17 Å². The zero-order valence-electron chi connectivity index (χ0n) is 18.7. The molecule has 1 aromatic carbocycles. The predicted molar refractivity (Wildman–Crippen MR) is 138 cm³/mol. The lowest BCUT2D eigenvalue weighted by Gasteiger charge is -2.56. The van der Waals surface area contributed by atoms with E-state index in [4.69, 9.17) is 9.73 Å². The van der Waals surface area contributed by atoms with Gasteiger partial charge < -0.3 is 10.1 Å². The highest BCUT2D eigenvalue weighted by Gasteiger charge is 2.58. The van der Waals surface area contributed by atoms with Gasteiger partial charge in [0.2, 0.25) is 0 Å². The van der Waals surface area contributed by atoms with E-state index in [2.05, 4.69) is 41.8 Å². The van der Waals surface area contributed by atoms with Crippen LogP contribution in [0.25, 0.3) is 0 Å². The Balaban J connectivity index is 1.64. The normalized spacial score (nSPS) is 36.9. The Morgan fingerprint density at radius 3 is 2.74 bits per heavy atom. The van der Waals surface area contributed by atoms with Crippen molar-refractivity contribution in [1.82, 2.24) is 5.32 Å². The van der Waals surface area contributed by atoms with Crippen molar-refractivity contribution in [1.29, 1.82) is 0 Å². The van der Waals surface area contributed by atoms with Crippen LogP contribution in [-0.4, -0.2) is 39.0 Å². The topological polar surface area (TPSA) is 50.7 Å². The van der Waals surface area contributed by atoms with Gasteiger partial charge in [-0.05, 0) is 57.1 Å². The van der Waals surface area contributed by atoms with Crippen molar-refractivity contribution in [3.8, 4) is 0 Å². The van der Waals surface area contributed by atoms with Crippen LogP contribution in [0.3, 0.4) is 0 Å². The number of nitrogens with one attached hydrogen (secondary N) is 1. The number of nitrogens with zero attached hydrogens (tertiary/aromatic N) is 1. The van der Waals surface area contributed by atoms with Crippen molar-refractivity contribution in [2.45, 2.75) is 80.8 Å². The summed E-state index contributed by atoms with van der Waals surface area (Å²) >= 11 is 4.36. The third-order valence-electron chi connectivity index (χ3n) is 7.53. The molecule has 4 nitrogen and oxygen atoms in total. The third kappa shape index (κ3) is 5.16. The summed E-state index contributed by atoms with van der Waals surface area (Å²) in [6.45, 7) is 5.29. The molecule has 2 heterocycles. The standard InChI is InChI=1S/C25H35IN2O2S/c1-18-15-24(2)17-31-23(27-22(29)19-9-5-3-6-10-19)28-25(24,16-30-18)20-11-7-4-8-12-21(26)14-13-20/h3,5-6,9-10,18,20-21H,4,7-8,11-17H2,1-2H3,(H,27,28,29)/t18-,20?,21?,24-,25+/m0/s1. The van der Waals surface area contributed by atoms with E-state index in [-0.39, 0.29) is 23.0 Å². The highest BCUT2D eigenvalue weighted by atomic mass is 127. The van der Waals surface area contributed by atoms with E-state index in [1.165, 1.54) is 44.9 Å². The smallest absolute Gasteiger partial charge is 0.257 e. The Labute approximate surface area is 204 Å². The maximum atomic E-state index is 12.8. The molecule has 5 atom stereocenters. The number of aliphatic imine (C=N–C) groups is 1. The number of ether oxygens (including phenoxy) is 1. The molecular weight excluding hydrogens is 519 g/mol. The molecule has 170 valence electrons. The number of carbonyl (C=O) groups excluding carboxylic acids is 1. The second-order valence-corrected chi connectivity index (χ2v) is 12.6. The van der Waals surface area contributed by atoms with Gasteiger partial charge in [-0.1, -0.05) is 78.7 Å². The highest BCUT2D eigenvalue weighted by Crippen LogP contribution is 2.54. The molecule has 0 bridgehead atoms. The maximum Gasteiger partial charge on any atom is 0.257 e. The molecule has 2 fully saturated rings. The molecule has 4 rings (SSSR count). The van der Waals surface area contributed by atoms with Crippen LogP contribution in [-0.2, 0) is 4.74 Å². The van der Waals surface area contributed by atoms with E-state index in [0.717, 1.165) is 21.3 Å². The van der Waals surface area contributed by atoms with E-state index in [9.17, 15) is 4.79 Å². The number of amidine groups is 1. The summed E-state index contributed by atoms with van der Waals surface area (Å²) < 4.78 is 7.06. The largest absolute Gasteiger partial charge is 0.376 e. The Hall–Kier alpha value is -0.600. The molecule has 31 heavy (non-hydrogen) atoms. The van der Waals surface area contributed by atoms with Crippen molar-refractivity contribution >= 4 is 45.4 Å². The Kier molecular flexibility index (Phi) is 7.69. The van der Waals surface area contributed by atoms with Crippen molar-refractivity contribution in [2.75, 3.05) is 12.4 Å². The molecule has 1 amide bonds. The number of amides is 1. The van der Waals surface area contributed by atoms with E-state index >= 15 is 0 Å². The summed E-state index contributed by atoms with van der Waals surface area (Å²) in [7, 11) is 0. The molecule has 0 aromatic heterocycles. The Bertz CT molecular complexity index is 804. The van der Waals surface area contributed by atoms with Gasteiger partial charge in [0.25, 0.3) is 5.91 Å². The fourth-order valence-electron chi connectivity index (χ4n) is 5.71. The zero-order valence-corrected chi connectivity index (χ0v) is 21.7. The van der Waals surface area contributed by atoms with Crippen LogP contribution in [0.5, 0.6) is 0 Å². The van der Waals surface area contributed by atoms with E-state index in [1.807, 2.05) is 30.3 Å². The van der Waals surface area contributed by atoms with Crippen LogP contribution in [0.4, 0.5) is 0 Å². The summed E-state index contributed by atoms with van der Waals surface area (Å²) in [6, 6.07) is 9.44. The van der Waals surface area contributed by atoms with Gasteiger partial charge in [0.1, 0.15) is 0 Å². The maximum absolute atomic E-state index is 12.8. The van der Waals surface area contributed by atoms with Crippen LogP contribution < -0.4 is 5.32 Å². The minimum atomic E-state index is -0.245. The van der Waals surface area contributed by atoms with Gasteiger partial charge in [0, 0.05) is 20.7 Å². The molecule has 1 saturated heterocycles. The first-order valence-corrected chi connectivity index (χ1v) is 14.0. The number of halogens is 1. The van der Waals surface area contributed by atoms with Gasteiger partial charge in [-0.25, -0.2) is 0 Å². The minimum absolute atomic E-state index is 0.0718. The number of benzene rings is 1. The Morgan fingerprint density at radius 2 is 1.94 bits per heavy atom. The zero-order chi connectivity index (χ0) is 21.9. The van der Waals surface area contributed by atoms with Crippen LogP contribution in [0.1, 0.15) is 75.6 Å². The molecule has 1 aliphatic carbocycles. The molecular formula is C25H35IN2O2S. The summed E-state index contributed by atoms with van der Waals surface area (Å²) in [6.07, 6.45) is 10.2. The minimum Gasteiger partial charge on any atom is -0.376 e. The lowest BCUT2D eigenvalue weighted by atomic mass is 9.60. The summed E-state index contributed by atoms with van der Waals surface area (Å²) in [5, 5.41) is 3.90. The molecule has 0 spiro atoms. The second kappa shape index (κ2) is 10.1. The summed E-state index contributed by atoms with van der Waals surface area (Å²) in [5.41, 5.74) is 0.525. The molecule has 1 aromatic rings. The van der Waals surface area contributed by atoms with Gasteiger partial charge >= 0.3 is 0 Å². The SMILES string of the molecule is C[C@H]1C[C@@]2(C)CSC(NC(=O)c3ccccc3)=N[C@@]2(C2CCCCCC(I)CC2)CO1. The fourth-order valence-corrected chi connectivity index (χ4v) is 7.73. The monoisotopic (exact) mass is 554 g/mol. The molecule has 1 N–H and O–H groups in total. The lowest BCUT2D eigenvalue weighted by molar-refractivity contribution is -0.107. The number of thioether (sulfide) groups is 1. The van der Waals surface area contributed by atoms with Crippen LogP contribution >= 0.6 is 34.4 Å².